The van der Waals surface area contributed by atoms with Crippen LogP contribution in [0.25, 0.3) is 10.9 Å². The molecule has 0 unspecified atom stereocenters. The minimum atomic E-state index is -0.330. The third-order valence-electron chi connectivity index (χ3n) is 3.96. The summed E-state index contributed by atoms with van der Waals surface area (Å²) in [7, 11) is 0. The molecule has 0 fully saturated rings. The Labute approximate surface area is 145 Å². The number of nitrogens with zero attached hydrogens (tertiary/aromatic N) is 3. The van der Waals surface area contributed by atoms with E-state index in [2.05, 4.69) is 36.4 Å². The maximum Gasteiger partial charge on any atom is 0.278 e. The van der Waals surface area contributed by atoms with Crippen LogP contribution in [0.4, 0.5) is 5.69 Å². The Hall–Kier alpha value is -3.02. The van der Waals surface area contributed by atoms with E-state index in [0.717, 1.165) is 4.68 Å². The van der Waals surface area contributed by atoms with E-state index in [1.165, 1.54) is 5.56 Å². The van der Waals surface area contributed by atoms with E-state index in [1.54, 1.807) is 24.3 Å². The zero-order valence-electron chi connectivity index (χ0n) is 14.5. The van der Waals surface area contributed by atoms with Gasteiger partial charge in [-0.3, -0.25) is 9.59 Å². The summed E-state index contributed by atoms with van der Waals surface area (Å²) in [5.74, 6) is -0.324. The summed E-state index contributed by atoms with van der Waals surface area (Å²) in [5, 5.41) is 11.0. The van der Waals surface area contributed by atoms with Crippen LogP contribution in [0.5, 0.6) is 0 Å². The summed E-state index contributed by atoms with van der Waals surface area (Å²) in [6, 6.07) is 14.6. The number of fused-ring (bicyclic) bond motifs is 1. The van der Waals surface area contributed by atoms with Gasteiger partial charge in [-0.05, 0) is 35.2 Å². The first-order valence-electron chi connectivity index (χ1n) is 8.07. The first-order chi connectivity index (χ1) is 11.8. The SMILES string of the molecule is CC(C)(C)c1ccc(NC(=O)Cn2nnc3ccccc3c2=O)cc1. The van der Waals surface area contributed by atoms with Crippen LogP contribution < -0.4 is 10.9 Å². The molecule has 0 aliphatic heterocycles. The van der Waals surface area contributed by atoms with Gasteiger partial charge < -0.3 is 5.32 Å². The van der Waals surface area contributed by atoms with Crippen LogP contribution in [0.15, 0.2) is 53.3 Å². The maximum absolute atomic E-state index is 12.4. The number of carbonyl (C=O) groups excluding carboxylic acids is 1. The molecular formula is C19H20N4O2. The molecule has 0 saturated heterocycles. The number of anilines is 1. The highest BCUT2D eigenvalue weighted by atomic mass is 16.2. The molecule has 3 aromatic rings. The highest BCUT2D eigenvalue weighted by molar-refractivity contribution is 5.90. The van der Waals surface area contributed by atoms with Crippen LogP contribution in [-0.2, 0) is 16.8 Å². The third kappa shape index (κ3) is 3.74. The van der Waals surface area contributed by atoms with Crippen LogP contribution in [0.1, 0.15) is 26.3 Å². The fourth-order valence-electron chi connectivity index (χ4n) is 2.52. The molecule has 1 N–H and O–H groups in total. The normalized spacial score (nSPS) is 11.5. The fraction of sp³-hybridized carbons (Fsp3) is 0.263. The monoisotopic (exact) mass is 336 g/mol. The Kier molecular flexibility index (Phi) is 4.35. The van der Waals surface area contributed by atoms with E-state index in [0.29, 0.717) is 16.6 Å². The molecule has 3 rings (SSSR count). The van der Waals surface area contributed by atoms with Crippen molar-refractivity contribution in [3.63, 3.8) is 0 Å². The van der Waals surface area contributed by atoms with Crippen molar-refractivity contribution >= 4 is 22.5 Å². The maximum atomic E-state index is 12.4. The van der Waals surface area contributed by atoms with Gasteiger partial charge in [0.05, 0.1) is 5.39 Å². The van der Waals surface area contributed by atoms with Crippen LogP contribution >= 0.6 is 0 Å². The predicted molar refractivity (Wildman–Crippen MR) is 97.6 cm³/mol. The molecule has 6 nitrogen and oxygen atoms in total. The number of hydrogen-bond donors (Lipinski definition) is 1. The first kappa shape index (κ1) is 16.8. The number of carbonyl (C=O) groups is 1. The van der Waals surface area contributed by atoms with Crippen molar-refractivity contribution < 1.29 is 4.79 Å². The largest absolute Gasteiger partial charge is 0.324 e. The molecule has 1 amide bonds. The summed E-state index contributed by atoms with van der Waals surface area (Å²) in [5.41, 5.74) is 2.10. The molecule has 1 heterocycles. The fourth-order valence-corrected chi connectivity index (χ4v) is 2.52. The number of rotatable bonds is 3. The van der Waals surface area contributed by atoms with Gasteiger partial charge in [0.2, 0.25) is 5.91 Å². The highest BCUT2D eigenvalue weighted by Gasteiger charge is 2.14. The van der Waals surface area contributed by atoms with Gasteiger partial charge in [0.15, 0.2) is 0 Å². The lowest BCUT2D eigenvalue weighted by atomic mass is 9.87. The average molecular weight is 336 g/mol. The van der Waals surface area contributed by atoms with Gasteiger partial charge in [-0.1, -0.05) is 50.3 Å². The second-order valence-corrected chi connectivity index (χ2v) is 6.94. The van der Waals surface area contributed by atoms with Crippen LogP contribution in [-0.4, -0.2) is 20.9 Å². The van der Waals surface area contributed by atoms with Gasteiger partial charge in [0.25, 0.3) is 5.56 Å². The van der Waals surface area contributed by atoms with Gasteiger partial charge in [0, 0.05) is 5.69 Å². The summed E-state index contributed by atoms with van der Waals surface area (Å²) >= 11 is 0. The number of hydrogen-bond acceptors (Lipinski definition) is 4. The van der Waals surface area contributed by atoms with Gasteiger partial charge in [-0.25, -0.2) is 4.68 Å². The molecule has 6 heteroatoms. The Balaban J connectivity index is 1.75. The van der Waals surface area contributed by atoms with Gasteiger partial charge in [0.1, 0.15) is 12.1 Å². The molecular weight excluding hydrogens is 316 g/mol. The van der Waals surface area contributed by atoms with Crippen molar-refractivity contribution in [2.45, 2.75) is 32.7 Å². The molecule has 0 atom stereocenters. The molecule has 0 saturated carbocycles. The number of amides is 1. The van der Waals surface area contributed by atoms with Crippen molar-refractivity contribution in [2.75, 3.05) is 5.32 Å². The summed E-state index contributed by atoms with van der Waals surface area (Å²) < 4.78 is 1.07. The Bertz CT molecular complexity index is 969. The number of benzene rings is 2. The molecule has 0 aliphatic carbocycles. The van der Waals surface area contributed by atoms with Crippen molar-refractivity contribution in [3.8, 4) is 0 Å². The zero-order valence-corrected chi connectivity index (χ0v) is 14.5. The second kappa shape index (κ2) is 6.47. The molecule has 0 spiro atoms. The van der Waals surface area contributed by atoms with Crippen molar-refractivity contribution in [3.05, 3.63) is 64.4 Å². The van der Waals surface area contributed by atoms with E-state index < -0.39 is 0 Å². The highest BCUT2D eigenvalue weighted by Crippen LogP contribution is 2.23. The smallest absolute Gasteiger partial charge is 0.278 e. The van der Waals surface area contributed by atoms with E-state index in [9.17, 15) is 9.59 Å². The van der Waals surface area contributed by atoms with E-state index >= 15 is 0 Å². The molecule has 0 aliphatic rings. The molecule has 2 aromatic carbocycles. The lowest BCUT2D eigenvalue weighted by Crippen LogP contribution is -2.30. The first-order valence-corrected chi connectivity index (χ1v) is 8.07. The number of nitrogens with one attached hydrogen (secondary N) is 1. The van der Waals surface area contributed by atoms with Crippen LogP contribution in [0, 0.1) is 0 Å². The predicted octanol–water partition coefficient (Wildman–Crippen LogP) is 2.73. The summed E-state index contributed by atoms with van der Waals surface area (Å²) in [4.78, 5) is 24.6. The Morgan fingerprint density at radius 3 is 2.44 bits per heavy atom. The summed E-state index contributed by atoms with van der Waals surface area (Å²) in [6.45, 7) is 6.21. The van der Waals surface area contributed by atoms with E-state index in [-0.39, 0.29) is 23.4 Å². The van der Waals surface area contributed by atoms with Gasteiger partial charge in [-0.15, -0.1) is 5.10 Å². The Morgan fingerprint density at radius 1 is 1.08 bits per heavy atom. The molecule has 1 aromatic heterocycles. The van der Waals surface area contributed by atoms with Crippen LogP contribution in [0.3, 0.4) is 0 Å². The van der Waals surface area contributed by atoms with Gasteiger partial charge in [-0.2, -0.15) is 0 Å². The molecule has 128 valence electrons. The average Bonchev–Trinajstić information content (AvgIpc) is 2.57. The lowest BCUT2D eigenvalue weighted by Gasteiger charge is -2.19. The van der Waals surface area contributed by atoms with Crippen molar-refractivity contribution in [1.29, 1.82) is 0 Å². The van der Waals surface area contributed by atoms with E-state index in [1.807, 2.05) is 24.3 Å². The van der Waals surface area contributed by atoms with Crippen molar-refractivity contribution in [2.24, 2.45) is 0 Å². The third-order valence-corrected chi connectivity index (χ3v) is 3.96. The van der Waals surface area contributed by atoms with Gasteiger partial charge >= 0.3 is 0 Å². The number of aromatic nitrogens is 3. The standard InChI is InChI=1S/C19H20N4O2/c1-19(2,3)13-8-10-14(11-9-13)20-17(24)12-23-18(25)15-6-4-5-7-16(15)21-22-23/h4-11H,12H2,1-3H3,(H,20,24). The minimum Gasteiger partial charge on any atom is -0.324 e. The molecule has 25 heavy (non-hydrogen) atoms. The lowest BCUT2D eigenvalue weighted by molar-refractivity contribution is -0.117. The minimum absolute atomic E-state index is 0.0521. The van der Waals surface area contributed by atoms with Crippen molar-refractivity contribution in [1.82, 2.24) is 15.0 Å². The second-order valence-electron chi connectivity index (χ2n) is 6.94. The topological polar surface area (TPSA) is 76.9 Å². The molecule has 0 radical (unpaired) electrons. The summed E-state index contributed by atoms with van der Waals surface area (Å²) in [6.07, 6.45) is 0. The quantitative estimate of drug-likeness (QED) is 0.798. The van der Waals surface area contributed by atoms with E-state index in [4.69, 9.17) is 0 Å². The zero-order chi connectivity index (χ0) is 18.0. The Morgan fingerprint density at radius 2 is 1.76 bits per heavy atom. The molecule has 0 bridgehead atoms. The van der Waals surface area contributed by atoms with Crippen LogP contribution in [0.2, 0.25) is 0 Å².